The van der Waals surface area contributed by atoms with E-state index in [1.54, 1.807) is 6.92 Å². The van der Waals surface area contributed by atoms with E-state index in [9.17, 15) is 0 Å². The van der Waals surface area contributed by atoms with Crippen LogP contribution < -0.4 is 0 Å². The molecule has 0 saturated carbocycles. The Morgan fingerprint density at radius 3 is 2.45 bits per heavy atom. The molecule has 0 nitrogen and oxygen atoms in total. The third-order valence-corrected chi connectivity index (χ3v) is 0.814. The molecule has 0 spiro atoms. The zero-order valence-corrected chi connectivity index (χ0v) is 6.28. The molecule has 0 aliphatic rings. The number of rotatable bonds is 0. The molecular weight excluding hydrogens is 131 g/mol. The summed E-state index contributed by atoms with van der Waals surface area (Å²) >= 11 is 0. The molecule has 1 heteroatoms. The number of hydrogen-bond acceptors (Lipinski definition) is 0. The maximum absolute atomic E-state index is 6.52. The Morgan fingerprint density at radius 2 is 2.00 bits per heavy atom. The van der Waals surface area contributed by atoms with Gasteiger partial charge in [0.1, 0.15) is 0 Å². The molecule has 0 aliphatic carbocycles. The van der Waals surface area contributed by atoms with Crippen LogP contribution in [0.15, 0.2) is 0 Å². The summed E-state index contributed by atoms with van der Waals surface area (Å²) < 4.78 is 0. The summed E-state index contributed by atoms with van der Waals surface area (Å²) in [6.07, 6.45) is 6.52. The Labute approximate surface area is 68.8 Å². The van der Waals surface area contributed by atoms with Gasteiger partial charge in [-0.2, -0.15) is 0 Å². The minimum absolute atomic E-state index is 0.296. The molecule has 0 heterocycles. The van der Waals surface area contributed by atoms with Gasteiger partial charge < -0.3 is 0 Å². The van der Waals surface area contributed by atoms with Gasteiger partial charge in [0.2, 0.25) is 0 Å². The van der Waals surface area contributed by atoms with E-state index in [4.69, 9.17) is 6.42 Å². The summed E-state index contributed by atoms with van der Waals surface area (Å²) in [7, 11) is 0. The normalized spacial score (nSPS) is 4.82. The average molecular weight is 136 g/mol. The highest BCUT2D eigenvalue weighted by Gasteiger charge is 1.99. The van der Waals surface area contributed by atoms with Crippen molar-refractivity contribution in [1.29, 1.82) is 0 Å². The van der Waals surface area contributed by atoms with Crippen LogP contribution in [-0.2, 0) is 0 Å². The summed E-state index contributed by atoms with van der Waals surface area (Å²) in [5, 5.41) is 0. The van der Waals surface area contributed by atoms with Crippen LogP contribution in [-0.4, -0.2) is 6.71 Å². The van der Waals surface area contributed by atoms with E-state index >= 15 is 0 Å². The highest BCUT2D eigenvalue weighted by Crippen LogP contribution is 1.73. The Morgan fingerprint density at radius 1 is 1.27 bits per heavy atom. The fraction of sp³-hybridized carbons (Fsp3) is 0.100. The van der Waals surface area contributed by atoms with Crippen LogP contribution in [0, 0.1) is 54.5 Å². The molecule has 0 aliphatic heterocycles. The first-order valence-electron chi connectivity index (χ1n) is 2.97. The lowest BCUT2D eigenvalue weighted by Crippen LogP contribution is -2.03. The Hall–Kier alpha value is -1.70. The highest BCUT2D eigenvalue weighted by atomic mass is 13.5. The van der Waals surface area contributed by atoms with E-state index in [0.717, 1.165) is 0 Å². The van der Waals surface area contributed by atoms with Crippen molar-refractivity contribution in [1.82, 2.24) is 0 Å². The van der Waals surface area contributed by atoms with Gasteiger partial charge in [0.05, 0.1) is 0 Å². The first-order valence-corrected chi connectivity index (χ1v) is 2.97. The predicted molar refractivity (Wildman–Crippen MR) is 47.2 cm³/mol. The summed E-state index contributed by atoms with van der Waals surface area (Å²) in [6, 6.07) is 0. The van der Waals surface area contributed by atoms with Crippen LogP contribution in [0.5, 0.6) is 0 Å². The zero-order chi connectivity index (χ0) is 8.53. The second kappa shape index (κ2) is 6.43. The van der Waals surface area contributed by atoms with Gasteiger partial charge in [0.15, 0.2) is 0 Å². The fourth-order valence-corrected chi connectivity index (χ4v) is 0.463. The van der Waals surface area contributed by atoms with Gasteiger partial charge in [-0.15, -0.1) is 29.3 Å². The zero-order valence-electron chi connectivity index (χ0n) is 6.28. The summed E-state index contributed by atoms with van der Waals surface area (Å²) in [4.78, 5) is 0. The molecular formula is C10H5B. The van der Waals surface area contributed by atoms with Crippen molar-refractivity contribution in [3.8, 4) is 41.1 Å². The van der Waals surface area contributed by atoms with E-state index in [1.807, 2.05) is 5.92 Å². The van der Waals surface area contributed by atoms with E-state index in [2.05, 4.69) is 42.1 Å². The lowest BCUT2D eigenvalue weighted by molar-refractivity contribution is 1.93. The molecule has 0 rings (SSSR count). The van der Waals surface area contributed by atoms with Crippen molar-refractivity contribution in [2.45, 2.75) is 6.92 Å². The van der Waals surface area contributed by atoms with Crippen molar-refractivity contribution in [2.24, 2.45) is 0 Å². The van der Waals surface area contributed by atoms with Gasteiger partial charge in [-0.1, -0.05) is 0 Å². The van der Waals surface area contributed by atoms with E-state index in [1.165, 1.54) is 0 Å². The van der Waals surface area contributed by atoms with Crippen LogP contribution >= 0.6 is 0 Å². The van der Waals surface area contributed by atoms with E-state index in [0.29, 0.717) is 0 Å². The van der Waals surface area contributed by atoms with Crippen molar-refractivity contribution >= 4 is 6.71 Å². The fourth-order valence-electron chi connectivity index (χ4n) is 0.463. The van der Waals surface area contributed by atoms with Crippen molar-refractivity contribution in [3.05, 3.63) is 13.3 Å². The molecule has 0 fully saturated rings. The summed E-state index contributed by atoms with van der Waals surface area (Å²) in [5.74, 6) is 17.5. The molecule has 0 N–H and O–H groups in total. The summed E-state index contributed by atoms with van der Waals surface area (Å²) in [6.45, 7) is 4.77. The smallest absolute Gasteiger partial charge is 0.121 e. The van der Waals surface area contributed by atoms with Crippen LogP contribution in [0.25, 0.3) is 0 Å². The molecule has 2 radical (unpaired) electrons. The van der Waals surface area contributed by atoms with Gasteiger partial charge in [0, 0.05) is 6.92 Å². The molecule has 0 bridgehead atoms. The highest BCUT2D eigenvalue weighted by molar-refractivity contribution is 6.82. The van der Waals surface area contributed by atoms with E-state index < -0.39 is 0 Å². The van der Waals surface area contributed by atoms with Crippen molar-refractivity contribution in [3.63, 3.8) is 0 Å². The largest absolute Gasteiger partial charge is 0.396 e. The number of hydrogen-bond donors (Lipinski definition) is 0. The molecule has 0 aromatic carbocycles. The lowest BCUT2D eigenvalue weighted by atomic mass is 9.52. The van der Waals surface area contributed by atoms with Crippen LogP contribution in [0.4, 0.5) is 0 Å². The monoisotopic (exact) mass is 136 g/mol. The minimum atomic E-state index is -0.296. The minimum Gasteiger partial charge on any atom is -0.121 e. The molecule has 0 aromatic rings. The van der Waals surface area contributed by atoms with Crippen LogP contribution in [0.2, 0.25) is 0 Å². The SMILES string of the molecule is [C]#CC#CB(C#C[CH2])C#CC. The van der Waals surface area contributed by atoms with E-state index in [-0.39, 0.29) is 6.71 Å². The summed E-state index contributed by atoms with van der Waals surface area (Å²) in [5.41, 5.74) is 0. The molecule has 48 valence electrons. The maximum Gasteiger partial charge on any atom is 0.396 e. The van der Waals surface area contributed by atoms with Crippen LogP contribution in [0.1, 0.15) is 6.92 Å². The van der Waals surface area contributed by atoms with Crippen molar-refractivity contribution in [2.75, 3.05) is 0 Å². The Balaban J connectivity index is 4.42. The lowest BCUT2D eigenvalue weighted by Gasteiger charge is -1.79. The second-order valence-corrected chi connectivity index (χ2v) is 1.54. The first-order chi connectivity index (χ1) is 5.35. The molecule has 0 unspecified atom stereocenters. The van der Waals surface area contributed by atoms with Crippen LogP contribution in [0.3, 0.4) is 0 Å². The third kappa shape index (κ3) is 4.79. The van der Waals surface area contributed by atoms with Gasteiger partial charge in [-0.25, -0.2) is 0 Å². The molecule has 0 atom stereocenters. The topological polar surface area (TPSA) is 0 Å². The Kier molecular flexibility index (Phi) is 5.44. The predicted octanol–water partition coefficient (Wildman–Crippen LogP) is 0.553. The maximum atomic E-state index is 6.52. The molecule has 11 heavy (non-hydrogen) atoms. The molecule has 0 saturated heterocycles. The standard InChI is InChI=1S/C10H5B/c1-4-7-10-11(8-5-2)9-6-3/h2H2,3H3. The van der Waals surface area contributed by atoms with Gasteiger partial charge >= 0.3 is 6.71 Å². The molecule has 0 aromatic heterocycles. The van der Waals surface area contributed by atoms with Gasteiger partial charge in [-0.05, 0) is 25.2 Å². The average Bonchev–Trinajstić information content (AvgIpc) is 2.01. The first kappa shape index (κ1) is 9.30. The Bertz CT molecular complexity index is 305. The quantitative estimate of drug-likeness (QED) is 0.337. The van der Waals surface area contributed by atoms with Gasteiger partial charge in [0.25, 0.3) is 0 Å². The second-order valence-electron chi connectivity index (χ2n) is 1.54. The van der Waals surface area contributed by atoms with Gasteiger partial charge in [-0.3, -0.25) is 0 Å². The molecule has 0 amide bonds. The third-order valence-electron chi connectivity index (χ3n) is 0.814. The van der Waals surface area contributed by atoms with Crippen molar-refractivity contribution < 1.29 is 0 Å².